The van der Waals surface area contributed by atoms with E-state index < -0.39 is 0 Å². The van der Waals surface area contributed by atoms with E-state index in [1.807, 2.05) is 35.7 Å². The number of para-hydroxylation sites is 1. The summed E-state index contributed by atoms with van der Waals surface area (Å²) in [5.41, 5.74) is 3.76. The number of hydrazine groups is 1. The summed E-state index contributed by atoms with van der Waals surface area (Å²) in [6.07, 6.45) is 0. The first-order chi connectivity index (χ1) is 8.27. The highest BCUT2D eigenvalue weighted by molar-refractivity contribution is 7.10. The van der Waals surface area contributed by atoms with E-state index in [2.05, 4.69) is 5.43 Å². The highest BCUT2D eigenvalue weighted by atomic mass is 35.5. The predicted octanol–water partition coefficient (Wildman–Crippen LogP) is 2.96. The van der Waals surface area contributed by atoms with Crippen LogP contribution in [-0.2, 0) is 0 Å². The Kier molecular flexibility index (Phi) is 4.02. The van der Waals surface area contributed by atoms with Gasteiger partial charge in [0.15, 0.2) is 0 Å². The van der Waals surface area contributed by atoms with Crippen LogP contribution in [0.25, 0.3) is 0 Å². The van der Waals surface area contributed by atoms with Gasteiger partial charge < -0.3 is 4.74 Å². The Morgan fingerprint density at radius 3 is 2.71 bits per heavy atom. The third kappa shape index (κ3) is 2.45. The summed E-state index contributed by atoms with van der Waals surface area (Å²) in [5, 5.41) is 2.65. The Balaban J connectivity index is 2.46. The van der Waals surface area contributed by atoms with E-state index in [1.54, 1.807) is 18.4 Å². The minimum Gasteiger partial charge on any atom is -0.496 e. The SMILES string of the molecule is COc1ccccc1C(NN)c1sccc1Cl. The third-order valence-corrected chi connectivity index (χ3v) is 3.95. The number of nitrogens with two attached hydrogens (primary N) is 1. The van der Waals surface area contributed by atoms with Crippen molar-refractivity contribution in [2.75, 3.05) is 7.11 Å². The third-order valence-electron chi connectivity index (χ3n) is 2.52. The van der Waals surface area contributed by atoms with Crippen molar-refractivity contribution in [1.82, 2.24) is 5.43 Å². The van der Waals surface area contributed by atoms with Crippen LogP contribution in [-0.4, -0.2) is 7.11 Å². The Morgan fingerprint density at radius 1 is 1.35 bits per heavy atom. The first-order valence-electron chi connectivity index (χ1n) is 5.10. The van der Waals surface area contributed by atoms with Crippen molar-refractivity contribution in [2.24, 2.45) is 5.84 Å². The lowest BCUT2D eigenvalue weighted by molar-refractivity contribution is 0.404. The molecule has 90 valence electrons. The first-order valence-corrected chi connectivity index (χ1v) is 6.35. The summed E-state index contributed by atoms with van der Waals surface area (Å²) in [6, 6.07) is 9.45. The lowest BCUT2D eigenvalue weighted by Gasteiger charge is -2.18. The summed E-state index contributed by atoms with van der Waals surface area (Å²) in [7, 11) is 1.64. The molecular formula is C12H13ClN2OS. The molecule has 0 saturated heterocycles. The van der Waals surface area contributed by atoms with Crippen molar-refractivity contribution < 1.29 is 4.74 Å². The van der Waals surface area contributed by atoms with E-state index >= 15 is 0 Å². The van der Waals surface area contributed by atoms with E-state index in [9.17, 15) is 0 Å². The number of methoxy groups -OCH3 is 1. The van der Waals surface area contributed by atoms with Crippen molar-refractivity contribution >= 4 is 22.9 Å². The van der Waals surface area contributed by atoms with Crippen LogP contribution in [0.2, 0.25) is 5.02 Å². The molecule has 3 N–H and O–H groups in total. The number of ether oxygens (including phenoxy) is 1. The molecule has 0 aliphatic heterocycles. The maximum absolute atomic E-state index is 6.13. The van der Waals surface area contributed by atoms with Gasteiger partial charge in [0.2, 0.25) is 0 Å². The molecule has 2 rings (SSSR count). The Labute approximate surface area is 109 Å². The Morgan fingerprint density at radius 2 is 2.12 bits per heavy atom. The lowest BCUT2D eigenvalue weighted by atomic mass is 10.0. The van der Waals surface area contributed by atoms with Gasteiger partial charge in [-0.3, -0.25) is 5.84 Å². The maximum Gasteiger partial charge on any atom is 0.124 e. The molecule has 0 bridgehead atoms. The molecule has 1 unspecified atom stereocenters. The van der Waals surface area contributed by atoms with Crippen LogP contribution >= 0.6 is 22.9 Å². The van der Waals surface area contributed by atoms with Crippen molar-refractivity contribution in [3.63, 3.8) is 0 Å². The van der Waals surface area contributed by atoms with Gasteiger partial charge in [0, 0.05) is 10.4 Å². The molecule has 0 radical (unpaired) electrons. The minimum absolute atomic E-state index is 0.154. The summed E-state index contributed by atoms with van der Waals surface area (Å²) in [5.74, 6) is 6.42. The molecule has 0 fully saturated rings. The van der Waals surface area contributed by atoms with Gasteiger partial charge >= 0.3 is 0 Å². The topological polar surface area (TPSA) is 47.3 Å². The van der Waals surface area contributed by atoms with Crippen molar-refractivity contribution in [2.45, 2.75) is 6.04 Å². The fourth-order valence-corrected chi connectivity index (χ4v) is 2.97. The molecule has 1 aromatic heterocycles. The minimum atomic E-state index is -0.154. The Hall–Kier alpha value is -1.07. The van der Waals surface area contributed by atoms with Gasteiger partial charge in [-0.15, -0.1) is 11.3 Å². The van der Waals surface area contributed by atoms with Crippen LogP contribution in [0.1, 0.15) is 16.5 Å². The zero-order valence-electron chi connectivity index (χ0n) is 9.31. The molecule has 5 heteroatoms. The van der Waals surface area contributed by atoms with E-state index in [0.29, 0.717) is 5.02 Å². The summed E-state index contributed by atoms with van der Waals surface area (Å²) >= 11 is 7.70. The highest BCUT2D eigenvalue weighted by Crippen LogP contribution is 2.35. The van der Waals surface area contributed by atoms with Crippen LogP contribution in [0.3, 0.4) is 0 Å². The average molecular weight is 269 g/mol. The number of nitrogens with one attached hydrogen (secondary N) is 1. The number of thiophene rings is 1. The first kappa shape index (κ1) is 12.4. The van der Waals surface area contributed by atoms with E-state index in [0.717, 1.165) is 16.2 Å². The normalized spacial score (nSPS) is 12.4. The summed E-state index contributed by atoms with van der Waals surface area (Å²) < 4.78 is 5.33. The van der Waals surface area contributed by atoms with Gasteiger partial charge in [0.05, 0.1) is 18.2 Å². The van der Waals surface area contributed by atoms with Gasteiger partial charge in [-0.25, -0.2) is 5.43 Å². The molecule has 0 spiro atoms. The van der Waals surface area contributed by atoms with Gasteiger partial charge in [-0.05, 0) is 17.5 Å². The highest BCUT2D eigenvalue weighted by Gasteiger charge is 2.20. The van der Waals surface area contributed by atoms with Gasteiger partial charge in [0.1, 0.15) is 5.75 Å². The number of hydrogen-bond donors (Lipinski definition) is 2. The second-order valence-electron chi connectivity index (χ2n) is 3.47. The van der Waals surface area contributed by atoms with E-state index in [-0.39, 0.29) is 6.04 Å². The molecule has 0 saturated carbocycles. The van der Waals surface area contributed by atoms with Crippen LogP contribution in [0.5, 0.6) is 5.75 Å². The van der Waals surface area contributed by atoms with Crippen molar-refractivity contribution in [1.29, 1.82) is 0 Å². The molecule has 1 heterocycles. The fraction of sp³-hybridized carbons (Fsp3) is 0.167. The number of halogens is 1. The largest absolute Gasteiger partial charge is 0.496 e. The maximum atomic E-state index is 6.13. The second-order valence-corrected chi connectivity index (χ2v) is 4.83. The van der Waals surface area contributed by atoms with Crippen LogP contribution < -0.4 is 16.0 Å². The predicted molar refractivity (Wildman–Crippen MR) is 71.5 cm³/mol. The zero-order valence-corrected chi connectivity index (χ0v) is 10.9. The van der Waals surface area contributed by atoms with Gasteiger partial charge in [-0.2, -0.15) is 0 Å². The van der Waals surface area contributed by atoms with Gasteiger partial charge in [-0.1, -0.05) is 29.8 Å². The van der Waals surface area contributed by atoms with Crippen molar-refractivity contribution in [3.05, 3.63) is 51.2 Å². The standard InChI is InChI=1S/C12H13ClN2OS/c1-16-10-5-3-2-4-8(10)11(15-14)12-9(13)6-7-17-12/h2-7,11,15H,14H2,1H3. The van der Waals surface area contributed by atoms with Gasteiger partial charge in [0.25, 0.3) is 0 Å². The number of hydrogen-bond acceptors (Lipinski definition) is 4. The lowest BCUT2D eigenvalue weighted by Crippen LogP contribution is -2.28. The summed E-state index contributed by atoms with van der Waals surface area (Å²) in [4.78, 5) is 0.985. The number of benzene rings is 1. The van der Waals surface area contributed by atoms with Crippen LogP contribution in [0.15, 0.2) is 35.7 Å². The smallest absolute Gasteiger partial charge is 0.124 e. The zero-order chi connectivity index (χ0) is 12.3. The molecule has 17 heavy (non-hydrogen) atoms. The van der Waals surface area contributed by atoms with Crippen molar-refractivity contribution in [3.8, 4) is 5.75 Å². The molecule has 1 atom stereocenters. The Bertz CT molecular complexity index is 501. The average Bonchev–Trinajstić information content (AvgIpc) is 2.78. The molecule has 3 nitrogen and oxygen atoms in total. The fourth-order valence-electron chi connectivity index (χ4n) is 1.72. The summed E-state index contributed by atoms with van der Waals surface area (Å²) in [6.45, 7) is 0. The monoisotopic (exact) mass is 268 g/mol. The van der Waals surface area contributed by atoms with Crippen LogP contribution in [0.4, 0.5) is 0 Å². The molecule has 0 aliphatic rings. The molecule has 0 amide bonds. The molecule has 2 aromatic rings. The molecule has 0 aliphatic carbocycles. The molecule has 1 aromatic carbocycles. The second kappa shape index (κ2) is 5.51. The quantitative estimate of drug-likeness (QED) is 0.662. The van der Waals surface area contributed by atoms with Crippen LogP contribution in [0, 0.1) is 0 Å². The van der Waals surface area contributed by atoms with E-state index in [4.69, 9.17) is 22.2 Å². The molecular weight excluding hydrogens is 256 g/mol. The number of rotatable bonds is 4. The van der Waals surface area contributed by atoms with E-state index in [1.165, 1.54) is 0 Å².